The zero-order valence-electron chi connectivity index (χ0n) is 8.94. The molecule has 2 aromatic rings. The van der Waals surface area contributed by atoms with Crippen LogP contribution in [0.25, 0.3) is 11.2 Å². The number of aromatic nitrogens is 4. The summed E-state index contributed by atoms with van der Waals surface area (Å²) < 4.78 is 1.86. The Kier molecular flexibility index (Phi) is 1.98. The van der Waals surface area contributed by atoms with Gasteiger partial charge in [0.1, 0.15) is 5.52 Å². The minimum Gasteiger partial charge on any atom is -0.232 e. The summed E-state index contributed by atoms with van der Waals surface area (Å²) in [6.45, 7) is 8.18. The van der Waals surface area contributed by atoms with Crippen LogP contribution in [-0.2, 0) is 0 Å². The van der Waals surface area contributed by atoms with Crippen molar-refractivity contribution in [2.75, 3.05) is 0 Å². The number of hydrogen-bond acceptors (Lipinski definition) is 3. The van der Waals surface area contributed by atoms with Crippen molar-refractivity contribution in [1.29, 1.82) is 0 Å². The molecule has 0 aliphatic rings. The van der Waals surface area contributed by atoms with Crippen LogP contribution in [0, 0.1) is 13.8 Å². The summed E-state index contributed by atoms with van der Waals surface area (Å²) in [6.07, 6.45) is 0. The Morgan fingerprint density at radius 1 is 1.29 bits per heavy atom. The summed E-state index contributed by atoms with van der Waals surface area (Å²) in [7, 11) is 0. The zero-order chi connectivity index (χ0) is 10.3. The van der Waals surface area contributed by atoms with Crippen molar-refractivity contribution in [2.24, 2.45) is 0 Å². The molecule has 0 saturated carbocycles. The van der Waals surface area contributed by atoms with Gasteiger partial charge in [0.25, 0.3) is 0 Å². The predicted molar refractivity (Wildman–Crippen MR) is 55.2 cm³/mol. The van der Waals surface area contributed by atoms with E-state index in [-0.39, 0.29) is 0 Å². The molecule has 0 aliphatic carbocycles. The van der Waals surface area contributed by atoms with Gasteiger partial charge >= 0.3 is 0 Å². The Hall–Kier alpha value is -1.45. The molecule has 4 heteroatoms. The molecule has 0 fully saturated rings. The molecule has 74 valence electrons. The minimum atomic E-state index is 0.300. The maximum Gasteiger partial charge on any atom is 0.179 e. The van der Waals surface area contributed by atoms with Gasteiger partial charge in [-0.1, -0.05) is 5.21 Å². The van der Waals surface area contributed by atoms with Gasteiger partial charge in [-0.2, -0.15) is 0 Å². The molecule has 0 unspecified atom stereocenters. The SMILES string of the molecule is Cc1cc(C)c2nnn(C(C)C)c2n1. The van der Waals surface area contributed by atoms with E-state index in [0.29, 0.717) is 6.04 Å². The van der Waals surface area contributed by atoms with Gasteiger partial charge in [0.05, 0.1) is 6.04 Å². The fourth-order valence-corrected chi connectivity index (χ4v) is 1.58. The molecular formula is C10H14N4. The molecule has 0 saturated heterocycles. The fraction of sp³-hybridized carbons (Fsp3) is 0.500. The van der Waals surface area contributed by atoms with Gasteiger partial charge in [-0.25, -0.2) is 9.67 Å². The Labute approximate surface area is 83.0 Å². The number of pyridine rings is 1. The van der Waals surface area contributed by atoms with E-state index in [9.17, 15) is 0 Å². The molecule has 0 aromatic carbocycles. The van der Waals surface area contributed by atoms with Crippen molar-refractivity contribution in [3.05, 3.63) is 17.3 Å². The first kappa shape index (κ1) is 9.12. The summed E-state index contributed by atoms with van der Waals surface area (Å²) in [4.78, 5) is 4.46. The van der Waals surface area contributed by atoms with E-state index in [1.807, 2.05) is 24.6 Å². The van der Waals surface area contributed by atoms with E-state index >= 15 is 0 Å². The van der Waals surface area contributed by atoms with Crippen molar-refractivity contribution in [3.63, 3.8) is 0 Å². The topological polar surface area (TPSA) is 43.6 Å². The maximum atomic E-state index is 4.46. The van der Waals surface area contributed by atoms with E-state index in [1.165, 1.54) is 0 Å². The van der Waals surface area contributed by atoms with Gasteiger partial charge < -0.3 is 0 Å². The molecule has 2 heterocycles. The van der Waals surface area contributed by atoms with Crippen molar-refractivity contribution >= 4 is 11.2 Å². The fourth-order valence-electron chi connectivity index (χ4n) is 1.58. The Bertz CT molecular complexity index is 470. The molecule has 0 N–H and O–H groups in total. The third-order valence-electron chi connectivity index (χ3n) is 2.24. The van der Waals surface area contributed by atoms with Gasteiger partial charge in [0.15, 0.2) is 5.65 Å². The normalized spacial score (nSPS) is 11.5. The van der Waals surface area contributed by atoms with Crippen LogP contribution in [0.3, 0.4) is 0 Å². The lowest BCUT2D eigenvalue weighted by Crippen LogP contribution is -2.04. The Morgan fingerprint density at radius 3 is 2.64 bits per heavy atom. The molecule has 2 rings (SSSR count). The third-order valence-corrected chi connectivity index (χ3v) is 2.24. The van der Waals surface area contributed by atoms with Gasteiger partial charge in [-0.3, -0.25) is 0 Å². The first-order valence-corrected chi connectivity index (χ1v) is 4.78. The number of aryl methyl sites for hydroxylation is 2. The van der Waals surface area contributed by atoms with Crippen LogP contribution in [-0.4, -0.2) is 20.0 Å². The van der Waals surface area contributed by atoms with Crippen molar-refractivity contribution < 1.29 is 0 Å². The molecule has 4 nitrogen and oxygen atoms in total. The maximum absolute atomic E-state index is 4.46. The predicted octanol–water partition coefficient (Wildman–Crippen LogP) is 2.02. The molecular weight excluding hydrogens is 176 g/mol. The molecule has 14 heavy (non-hydrogen) atoms. The molecule has 0 aliphatic heterocycles. The monoisotopic (exact) mass is 190 g/mol. The number of fused-ring (bicyclic) bond motifs is 1. The van der Waals surface area contributed by atoms with Gasteiger partial charge in [0, 0.05) is 5.69 Å². The van der Waals surface area contributed by atoms with Crippen LogP contribution >= 0.6 is 0 Å². The highest BCUT2D eigenvalue weighted by molar-refractivity contribution is 5.73. The average molecular weight is 190 g/mol. The van der Waals surface area contributed by atoms with Crippen LogP contribution in [0.2, 0.25) is 0 Å². The van der Waals surface area contributed by atoms with Crippen molar-refractivity contribution in [1.82, 2.24) is 20.0 Å². The highest BCUT2D eigenvalue weighted by atomic mass is 15.4. The summed E-state index contributed by atoms with van der Waals surface area (Å²) in [5.41, 5.74) is 3.94. The second-order valence-electron chi connectivity index (χ2n) is 3.88. The first-order chi connectivity index (χ1) is 6.59. The van der Waals surface area contributed by atoms with Crippen molar-refractivity contribution in [3.8, 4) is 0 Å². The lowest BCUT2D eigenvalue weighted by atomic mass is 10.2. The second kappa shape index (κ2) is 3.04. The molecule has 2 aromatic heterocycles. The Morgan fingerprint density at radius 2 is 2.00 bits per heavy atom. The minimum absolute atomic E-state index is 0.300. The highest BCUT2D eigenvalue weighted by Crippen LogP contribution is 2.17. The molecule has 0 atom stereocenters. The van der Waals surface area contributed by atoms with Crippen LogP contribution in [0.15, 0.2) is 6.07 Å². The molecule has 0 spiro atoms. The average Bonchev–Trinajstić information content (AvgIpc) is 2.47. The smallest absolute Gasteiger partial charge is 0.179 e. The summed E-state index contributed by atoms with van der Waals surface area (Å²) in [5.74, 6) is 0. The van der Waals surface area contributed by atoms with Crippen molar-refractivity contribution in [2.45, 2.75) is 33.7 Å². The van der Waals surface area contributed by atoms with E-state index in [1.54, 1.807) is 0 Å². The zero-order valence-corrected chi connectivity index (χ0v) is 8.94. The first-order valence-electron chi connectivity index (χ1n) is 4.78. The van der Waals surface area contributed by atoms with Crippen LogP contribution in [0.5, 0.6) is 0 Å². The molecule has 0 bridgehead atoms. The van der Waals surface area contributed by atoms with E-state index < -0.39 is 0 Å². The summed E-state index contributed by atoms with van der Waals surface area (Å²) in [6, 6.07) is 2.33. The molecule has 0 amide bonds. The number of rotatable bonds is 1. The highest BCUT2D eigenvalue weighted by Gasteiger charge is 2.10. The number of hydrogen-bond donors (Lipinski definition) is 0. The lowest BCUT2D eigenvalue weighted by molar-refractivity contribution is 0.526. The van der Waals surface area contributed by atoms with E-state index in [4.69, 9.17) is 0 Å². The lowest BCUT2D eigenvalue weighted by Gasteiger charge is -2.05. The Balaban J connectivity index is 2.78. The summed E-state index contributed by atoms with van der Waals surface area (Å²) >= 11 is 0. The van der Waals surface area contributed by atoms with E-state index in [2.05, 4.69) is 29.1 Å². The largest absolute Gasteiger partial charge is 0.232 e. The summed E-state index contributed by atoms with van der Waals surface area (Å²) in [5, 5.41) is 8.23. The van der Waals surface area contributed by atoms with Gasteiger partial charge in [-0.05, 0) is 39.3 Å². The van der Waals surface area contributed by atoms with Crippen LogP contribution < -0.4 is 0 Å². The second-order valence-corrected chi connectivity index (χ2v) is 3.88. The quantitative estimate of drug-likeness (QED) is 0.691. The standard InChI is InChI=1S/C10H14N4/c1-6(2)14-10-9(12-13-14)7(3)5-8(4)11-10/h5-6H,1-4H3. The van der Waals surface area contributed by atoms with Crippen LogP contribution in [0.1, 0.15) is 31.1 Å². The van der Waals surface area contributed by atoms with E-state index in [0.717, 1.165) is 22.4 Å². The van der Waals surface area contributed by atoms with Crippen LogP contribution in [0.4, 0.5) is 0 Å². The van der Waals surface area contributed by atoms with Gasteiger partial charge in [-0.15, -0.1) is 5.10 Å². The van der Waals surface area contributed by atoms with Gasteiger partial charge in [0.2, 0.25) is 0 Å². The molecule has 0 radical (unpaired) electrons. The number of nitrogens with zero attached hydrogens (tertiary/aromatic N) is 4. The third kappa shape index (κ3) is 1.27.